The van der Waals surface area contributed by atoms with Gasteiger partial charge in [0.15, 0.2) is 0 Å². The number of rotatable bonds is 8. The van der Waals surface area contributed by atoms with E-state index in [1.54, 1.807) is 0 Å². The number of nitrogens with one attached hydrogen (secondary N) is 2. The Bertz CT molecular complexity index is 306. The number of carbonyl (C=O) groups excluding carboxylic acids is 1. The van der Waals surface area contributed by atoms with Crippen molar-refractivity contribution in [1.29, 1.82) is 0 Å². The van der Waals surface area contributed by atoms with Crippen LogP contribution in [0.4, 0.5) is 4.79 Å². The molecule has 7 heteroatoms. The molecule has 0 heterocycles. The highest BCUT2D eigenvalue weighted by Crippen LogP contribution is 1.99. The first-order chi connectivity index (χ1) is 8.36. The summed E-state index contributed by atoms with van der Waals surface area (Å²) in [5, 5.41) is 22.2. The van der Waals surface area contributed by atoms with Crippen LogP contribution in [0.25, 0.3) is 0 Å². The Labute approximate surface area is 106 Å². The molecule has 0 aliphatic carbocycles. The van der Waals surface area contributed by atoms with E-state index in [2.05, 4.69) is 10.6 Å². The molecule has 7 nitrogen and oxygen atoms in total. The molecule has 0 saturated heterocycles. The van der Waals surface area contributed by atoms with Crippen molar-refractivity contribution < 1.29 is 24.6 Å². The quantitative estimate of drug-likeness (QED) is 0.515. The van der Waals surface area contributed by atoms with Gasteiger partial charge in [-0.05, 0) is 19.8 Å². The maximum atomic E-state index is 11.5. The molecule has 4 N–H and O–H groups in total. The number of hydrogen-bond donors (Lipinski definition) is 4. The molecular formula is C11H20N2O5. The Hall–Kier alpha value is -1.79. The van der Waals surface area contributed by atoms with Gasteiger partial charge in [-0.15, -0.1) is 0 Å². The first-order valence-electron chi connectivity index (χ1n) is 5.88. The van der Waals surface area contributed by atoms with Crippen molar-refractivity contribution in [3.63, 3.8) is 0 Å². The van der Waals surface area contributed by atoms with Crippen molar-refractivity contribution in [2.24, 2.45) is 0 Å². The molecule has 0 radical (unpaired) electrons. The van der Waals surface area contributed by atoms with Crippen molar-refractivity contribution >= 4 is 18.0 Å². The topological polar surface area (TPSA) is 116 Å². The summed E-state index contributed by atoms with van der Waals surface area (Å²) >= 11 is 0. The van der Waals surface area contributed by atoms with Crippen LogP contribution in [0.2, 0.25) is 0 Å². The predicted octanol–water partition coefficient (Wildman–Crippen LogP) is 0.792. The normalized spacial score (nSPS) is 13.4. The van der Waals surface area contributed by atoms with E-state index in [0.717, 1.165) is 12.8 Å². The van der Waals surface area contributed by atoms with Crippen LogP contribution in [-0.4, -0.2) is 40.3 Å². The number of amides is 2. The molecule has 0 aliphatic heterocycles. The molecule has 0 fully saturated rings. The molecule has 0 aliphatic rings. The van der Waals surface area contributed by atoms with Crippen LogP contribution in [0.1, 0.15) is 39.5 Å². The van der Waals surface area contributed by atoms with Crippen LogP contribution in [0.15, 0.2) is 0 Å². The summed E-state index contributed by atoms with van der Waals surface area (Å²) in [4.78, 5) is 32.6. The fourth-order valence-corrected chi connectivity index (χ4v) is 1.45. The first kappa shape index (κ1) is 16.2. The first-order valence-corrected chi connectivity index (χ1v) is 5.88. The SMILES string of the molecule is CCCC(C)NC(=O)N[C@@H](CCC(=O)O)C(=O)O. The van der Waals surface area contributed by atoms with Crippen LogP contribution in [0.3, 0.4) is 0 Å². The summed E-state index contributed by atoms with van der Waals surface area (Å²) in [6, 6.07) is -1.83. The van der Waals surface area contributed by atoms with Crippen molar-refractivity contribution in [1.82, 2.24) is 10.6 Å². The number of carboxylic acid groups (broad SMARTS) is 2. The van der Waals surface area contributed by atoms with Crippen molar-refractivity contribution in [3.05, 3.63) is 0 Å². The second-order valence-corrected chi connectivity index (χ2v) is 4.13. The average molecular weight is 260 g/mol. The van der Waals surface area contributed by atoms with Crippen LogP contribution >= 0.6 is 0 Å². The van der Waals surface area contributed by atoms with Gasteiger partial charge in [-0.2, -0.15) is 0 Å². The van der Waals surface area contributed by atoms with E-state index in [-0.39, 0.29) is 18.9 Å². The predicted molar refractivity (Wildman–Crippen MR) is 64.3 cm³/mol. The molecule has 104 valence electrons. The Morgan fingerprint density at radius 1 is 1.11 bits per heavy atom. The molecule has 0 aromatic carbocycles. The van der Waals surface area contributed by atoms with E-state index in [9.17, 15) is 14.4 Å². The van der Waals surface area contributed by atoms with E-state index in [1.165, 1.54) is 0 Å². The number of carbonyl (C=O) groups is 3. The van der Waals surface area contributed by atoms with Gasteiger partial charge in [0.1, 0.15) is 6.04 Å². The molecule has 18 heavy (non-hydrogen) atoms. The molecule has 0 saturated carbocycles. The zero-order chi connectivity index (χ0) is 14.1. The standard InChI is InChI=1S/C11H20N2O5/c1-3-4-7(2)12-11(18)13-8(10(16)17)5-6-9(14)15/h7-8H,3-6H2,1-2H3,(H,14,15)(H,16,17)(H2,12,13,18)/t7?,8-/m0/s1. The second kappa shape index (κ2) is 8.32. The Balaban J connectivity index is 4.19. The number of carboxylic acids is 2. The minimum absolute atomic E-state index is 0.0519. The van der Waals surface area contributed by atoms with Crippen LogP contribution in [0.5, 0.6) is 0 Å². The van der Waals surface area contributed by atoms with E-state index in [4.69, 9.17) is 10.2 Å². The van der Waals surface area contributed by atoms with E-state index in [0.29, 0.717) is 0 Å². The molecule has 0 aromatic heterocycles. The highest BCUT2D eigenvalue weighted by Gasteiger charge is 2.21. The summed E-state index contributed by atoms with van der Waals surface area (Å²) in [6.45, 7) is 3.79. The zero-order valence-electron chi connectivity index (χ0n) is 10.6. The lowest BCUT2D eigenvalue weighted by Crippen LogP contribution is -2.48. The van der Waals surface area contributed by atoms with Crippen molar-refractivity contribution in [2.45, 2.75) is 51.6 Å². The summed E-state index contributed by atoms with van der Waals surface area (Å²) in [7, 11) is 0. The lowest BCUT2D eigenvalue weighted by Gasteiger charge is -2.17. The fraction of sp³-hybridized carbons (Fsp3) is 0.727. The molecule has 0 rings (SSSR count). The summed E-state index contributed by atoms with van der Waals surface area (Å²) in [5.74, 6) is -2.34. The fourth-order valence-electron chi connectivity index (χ4n) is 1.45. The van der Waals surface area contributed by atoms with Gasteiger partial charge in [-0.3, -0.25) is 4.79 Å². The highest BCUT2D eigenvalue weighted by molar-refractivity contribution is 5.83. The summed E-state index contributed by atoms with van der Waals surface area (Å²) in [6.07, 6.45) is 1.26. The van der Waals surface area contributed by atoms with Gasteiger partial charge in [-0.25, -0.2) is 9.59 Å². The maximum Gasteiger partial charge on any atom is 0.326 e. The van der Waals surface area contributed by atoms with Gasteiger partial charge < -0.3 is 20.8 Å². The maximum absolute atomic E-state index is 11.5. The Morgan fingerprint density at radius 3 is 2.17 bits per heavy atom. The minimum Gasteiger partial charge on any atom is -0.481 e. The lowest BCUT2D eigenvalue weighted by atomic mass is 10.1. The zero-order valence-corrected chi connectivity index (χ0v) is 10.6. The Kier molecular flexibility index (Phi) is 7.50. The van der Waals surface area contributed by atoms with Gasteiger partial charge in [0, 0.05) is 12.5 Å². The monoisotopic (exact) mass is 260 g/mol. The molecule has 0 spiro atoms. The molecular weight excluding hydrogens is 240 g/mol. The molecule has 1 unspecified atom stereocenters. The average Bonchev–Trinajstić information content (AvgIpc) is 2.23. The van der Waals surface area contributed by atoms with Gasteiger partial charge >= 0.3 is 18.0 Å². The smallest absolute Gasteiger partial charge is 0.326 e. The minimum atomic E-state index is -1.24. The third-order valence-electron chi connectivity index (χ3n) is 2.35. The molecule has 0 aromatic rings. The third kappa shape index (κ3) is 7.48. The van der Waals surface area contributed by atoms with Gasteiger partial charge in [-0.1, -0.05) is 13.3 Å². The summed E-state index contributed by atoms with van der Waals surface area (Å²) < 4.78 is 0. The van der Waals surface area contributed by atoms with Gasteiger partial charge in [0.2, 0.25) is 0 Å². The lowest BCUT2D eigenvalue weighted by molar-refractivity contribution is -0.140. The number of hydrogen-bond acceptors (Lipinski definition) is 3. The van der Waals surface area contributed by atoms with Crippen molar-refractivity contribution in [2.75, 3.05) is 0 Å². The molecule has 2 atom stereocenters. The number of aliphatic carboxylic acids is 2. The van der Waals surface area contributed by atoms with E-state index in [1.807, 2.05) is 13.8 Å². The van der Waals surface area contributed by atoms with Crippen LogP contribution in [-0.2, 0) is 9.59 Å². The number of urea groups is 1. The summed E-state index contributed by atoms with van der Waals surface area (Å²) in [5.41, 5.74) is 0. The molecule has 2 amide bonds. The van der Waals surface area contributed by atoms with Crippen molar-refractivity contribution in [3.8, 4) is 0 Å². The van der Waals surface area contributed by atoms with Gasteiger partial charge in [0.25, 0.3) is 0 Å². The third-order valence-corrected chi connectivity index (χ3v) is 2.35. The van der Waals surface area contributed by atoms with E-state index < -0.39 is 24.0 Å². The van der Waals surface area contributed by atoms with Crippen LogP contribution < -0.4 is 10.6 Å². The van der Waals surface area contributed by atoms with Crippen LogP contribution in [0, 0.1) is 0 Å². The molecule has 0 bridgehead atoms. The van der Waals surface area contributed by atoms with Gasteiger partial charge in [0.05, 0.1) is 0 Å². The van der Waals surface area contributed by atoms with E-state index >= 15 is 0 Å². The highest BCUT2D eigenvalue weighted by atomic mass is 16.4. The second-order valence-electron chi connectivity index (χ2n) is 4.13. The Morgan fingerprint density at radius 2 is 1.72 bits per heavy atom. The largest absolute Gasteiger partial charge is 0.481 e.